The van der Waals surface area contributed by atoms with Crippen LogP contribution in [0.2, 0.25) is 0 Å². The van der Waals surface area contributed by atoms with Gasteiger partial charge in [-0.1, -0.05) is 17.7 Å². The van der Waals surface area contributed by atoms with E-state index in [1.807, 2.05) is 31.2 Å². The minimum atomic E-state index is -0.521. The minimum absolute atomic E-state index is 0.0977. The highest BCUT2D eigenvalue weighted by Gasteiger charge is 2.12. The molecule has 3 rings (SSSR count). The molecule has 0 spiro atoms. The lowest BCUT2D eigenvalue weighted by Gasteiger charge is -2.04. The van der Waals surface area contributed by atoms with Crippen LogP contribution in [-0.4, -0.2) is 30.4 Å². The number of anilines is 1. The fourth-order valence-corrected chi connectivity index (χ4v) is 2.07. The van der Waals surface area contributed by atoms with Gasteiger partial charge in [0.1, 0.15) is 19.1 Å². The van der Waals surface area contributed by atoms with Gasteiger partial charge in [-0.25, -0.2) is 4.68 Å². The van der Waals surface area contributed by atoms with E-state index in [0.29, 0.717) is 5.69 Å². The fourth-order valence-electron chi connectivity index (χ4n) is 2.07. The first-order valence-electron chi connectivity index (χ1n) is 7.09. The van der Waals surface area contributed by atoms with Crippen molar-refractivity contribution in [2.45, 2.75) is 13.6 Å². The van der Waals surface area contributed by atoms with E-state index in [0.717, 1.165) is 11.8 Å². The number of amides is 1. The maximum Gasteiger partial charge on any atom is 0.307 e. The van der Waals surface area contributed by atoms with E-state index >= 15 is 0 Å². The first kappa shape index (κ1) is 15.4. The van der Waals surface area contributed by atoms with Gasteiger partial charge in [-0.3, -0.25) is 19.6 Å². The molecule has 0 unspecified atom stereocenters. The molecular formula is C15H14N6O3. The zero-order chi connectivity index (χ0) is 17.1. The van der Waals surface area contributed by atoms with Crippen LogP contribution in [0.4, 0.5) is 11.4 Å². The van der Waals surface area contributed by atoms with Crippen LogP contribution in [0.3, 0.4) is 0 Å². The van der Waals surface area contributed by atoms with E-state index in [2.05, 4.69) is 15.5 Å². The predicted molar refractivity (Wildman–Crippen MR) is 85.6 cm³/mol. The molecule has 3 aromatic rings. The number of aromatic nitrogens is 4. The molecule has 122 valence electrons. The van der Waals surface area contributed by atoms with Crippen molar-refractivity contribution >= 4 is 17.3 Å². The van der Waals surface area contributed by atoms with Gasteiger partial charge < -0.3 is 5.32 Å². The highest BCUT2D eigenvalue weighted by atomic mass is 16.6. The monoisotopic (exact) mass is 326 g/mol. The Bertz CT molecular complexity index is 881. The largest absolute Gasteiger partial charge is 0.321 e. The molecule has 0 aliphatic heterocycles. The zero-order valence-electron chi connectivity index (χ0n) is 12.8. The van der Waals surface area contributed by atoms with Crippen molar-refractivity contribution in [2.75, 3.05) is 5.32 Å². The van der Waals surface area contributed by atoms with Crippen LogP contribution in [0, 0.1) is 17.0 Å². The first-order chi connectivity index (χ1) is 11.5. The maximum atomic E-state index is 12.2. The van der Waals surface area contributed by atoms with Gasteiger partial charge in [0, 0.05) is 11.9 Å². The Labute approximate surface area is 136 Å². The Balaban J connectivity index is 1.66. The molecule has 2 aromatic heterocycles. The molecule has 0 aliphatic carbocycles. The summed E-state index contributed by atoms with van der Waals surface area (Å²) in [5, 5.41) is 21.4. The Morgan fingerprint density at radius 3 is 2.67 bits per heavy atom. The van der Waals surface area contributed by atoms with Crippen LogP contribution in [0.1, 0.15) is 16.1 Å². The van der Waals surface area contributed by atoms with Gasteiger partial charge in [-0.2, -0.15) is 10.2 Å². The molecule has 24 heavy (non-hydrogen) atoms. The lowest BCUT2D eigenvalue weighted by Crippen LogP contribution is -2.14. The Kier molecular flexibility index (Phi) is 4.06. The van der Waals surface area contributed by atoms with E-state index in [1.54, 1.807) is 12.3 Å². The highest BCUT2D eigenvalue weighted by Crippen LogP contribution is 2.11. The molecule has 9 heteroatoms. The molecule has 0 saturated heterocycles. The van der Waals surface area contributed by atoms with E-state index in [1.165, 1.54) is 15.6 Å². The van der Waals surface area contributed by atoms with Gasteiger partial charge in [-0.05, 0) is 25.1 Å². The Hall–Kier alpha value is -3.49. The van der Waals surface area contributed by atoms with Crippen LogP contribution in [-0.2, 0) is 6.67 Å². The summed E-state index contributed by atoms with van der Waals surface area (Å²) in [6.45, 7) is 2.14. The smallest absolute Gasteiger partial charge is 0.307 e. The summed E-state index contributed by atoms with van der Waals surface area (Å²) in [7, 11) is 0. The van der Waals surface area contributed by atoms with Crippen molar-refractivity contribution in [2.24, 2.45) is 0 Å². The minimum Gasteiger partial charge on any atom is -0.321 e. The number of nitrogens with one attached hydrogen (secondary N) is 1. The van der Waals surface area contributed by atoms with Gasteiger partial charge in [-0.15, -0.1) is 0 Å². The number of aryl methyl sites for hydroxylation is 1. The van der Waals surface area contributed by atoms with E-state index < -0.39 is 4.92 Å². The predicted octanol–water partition coefficient (Wildman–Crippen LogP) is 2.05. The summed E-state index contributed by atoms with van der Waals surface area (Å²) in [5.41, 5.74) is 1.94. The van der Waals surface area contributed by atoms with Crippen molar-refractivity contribution in [3.63, 3.8) is 0 Å². The molecule has 1 N–H and O–H groups in total. The fraction of sp³-hybridized carbons (Fsp3) is 0.133. The summed E-state index contributed by atoms with van der Waals surface area (Å²) in [6.07, 6.45) is 4.07. The summed E-state index contributed by atoms with van der Waals surface area (Å²) in [6, 6.07) is 9.00. The van der Waals surface area contributed by atoms with Gasteiger partial charge in [0.25, 0.3) is 5.91 Å². The molecule has 1 aromatic carbocycles. The summed E-state index contributed by atoms with van der Waals surface area (Å²) < 4.78 is 2.84. The van der Waals surface area contributed by atoms with Gasteiger partial charge in [0.15, 0.2) is 5.69 Å². The molecular weight excluding hydrogens is 312 g/mol. The maximum absolute atomic E-state index is 12.2. The van der Waals surface area contributed by atoms with Crippen LogP contribution in [0.25, 0.3) is 0 Å². The number of hydrogen-bond donors (Lipinski definition) is 1. The molecule has 2 heterocycles. The molecule has 0 saturated carbocycles. The summed E-state index contributed by atoms with van der Waals surface area (Å²) in [4.78, 5) is 22.3. The van der Waals surface area contributed by atoms with E-state index in [9.17, 15) is 14.9 Å². The number of benzene rings is 1. The van der Waals surface area contributed by atoms with Crippen molar-refractivity contribution in [3.8, 4) is 0 Å². The SMILES string of the molecule is Cc1ccc(NC(=O)c2ccn(Cn3cc([N+](=O)[O-])cn3)n2)cc1. The van der Waals surface area contributed by atoms with Crippen molar-refractivity contribution < 1.29 is 9.72 Å². The molecule has 0 radical (unpaired) electrons. The van der Waals surface area contributed by atoms with Gasteiger partial charge >= 0.3 is 5.69 Å². The number of rotatable bonds is 5. The highest BCUT2D eigenvalue weighted by molar-refractivity contribution is 6.02. The molecule has 0 aliphatic rings. The van der Waals surface area contributed by atoms with Gasteiger partial charge in [0.05, 0.1) is 4.92 Å². The Morgan fingerprint density at radius 1 is 1.25 bits per heavy atom. The van der Waals surface area contributed by atoms with Crippen molar-refractivity contribution in [1.29, 1.82) is 0 Å². The molecule has 0 atom stereocenters. The normalized spacial score (nSPS) is 10.5. The van der Waals surface area contributed by atoms with E-state index in [-0.39, 0.29) is 24.0 Å². The number of hydrogen-bond acceptors (Lipinski definition) is 5. The summed E-state index contributed by atoms with van der Waals surface area (Å²) in [5.74, 6) is -0.330. The second kappa shape index (κ2) is 6.32. The third kappa shape index (κ3) is 3.46. The van der Waals surface area contributed by atoms with Crippen LogP contribution >= 0.6 is 0 Å². The Morgan fingerprint density at radius 2 is 2.00 bits per heavy atom. The third-order valence-electron chi connectivity index (χ3n) is 3.30. The van der Waals surface area contributed by atoms with Crippen LogP contribution in [0.5, 0.6) is 0 Å². The standard InChI is InChI=1S/C15H14N6O3/c1-11-2-4-12(5-3-11)17-15(22)14-6-7-19(18-14)10-20-9-13(8-16-20)21(23)24/h2-9H,10H2,1H3,(H,17,22). The number of nitrogens with zero attached hydrogens (tertiary/aromatic N) is 5. The second-order valence-corrected chi connectivity index (χ2v) is 5.20. The average molecular weight is 326 g/mol. The number of carbonyl (C=O) groups is 1. The van der Waals surface area contributed by atoms with Crippen LogP contribution < -0.4 is 5.32 Å². The topological polar surface area (TPSA) is 108 Å². The zero-order valence-corrected chi connectivity index (χ0v) is 12.8. The first-order valence-corrected chi connectivity index (χ1v) is 7.09. The molecule has 0 fully saturated rings. The number of carbonyl (C=O) groups excluding carboxylic acids is 1. The summed E-state index contributed by atoms with van der Waals surface area (Å²) >= 11 is 0. The quantitative estimate of drug-likeness (QED) is 0.570. The lowest BCUT2D eigenvalue weighted by atomic mass is 10.2. The average Bonchev–Trinajstić information content (AvgIpc) is 3.19. The van der Waals surface area contributed by atoms with Crippen molar-refractivity contribution in [3.05, 3.63) is 70.3 Å². The van der Waals surface area contributed by atoms with Crippen molar-refractivity contribution in [1.82, 2.24) is 19.6 Å². The third-order valence-corrected chi connectivity index (χ3v) is 3.30. The number of nitro groups is 1. The molecule has 0 bridgehead atoms. The molecule has 9 nitrogen and oxygen atoms in total. The lowest BCUT2D eigenvalue weighted by molar-refractivity contribution is -0.385. The molecule has 1 amide bonds. The van der Waals surface area contributed by atoms with E-state index in [4.69, 9.17) is 0 Å². The second-order valence-electron chi connectivity index (χ2n) is 5.20. The van der Waals surface area contributed by atoms with Crippen LogP contribution in [0.15, 0.2) is 48.9 Å². The van der Waals surface area contributed by atoms with Gasteiger partial charge in [0.2, 0.25) is 0 Å².